The molecule has 42 heavy (non-hydrogen) atoms. The summed E-state index contributed by atoms with van der Waals surface area (Å²) >= 11 is 0. The number of carbonyl (C=O) groups is 3. The number of esters is 3. The van der Waals surface area contributed by atoms with Gasteiger partial charge in [0.15, 0.2) is 0 Å². The highest BCUT2D eigenvalue weighted by Gasteiger charge is 2.27. The maximum absolute atomic E-state index is 12.7. The predicted octanol–water partition coefficient (Wildman–Crippen LogP) is 6.16. The van der Waals surface area contributed by atoms with Gasteiger partial charge in [0.25, 0.3) is 0 Å². The van der Waals surface area contributed by atoms with Gasteiger partial charge < -0.3 is 24.1 Å². The molecule has 1 aliphatic rings. The minimum atomic E-state index is -0.575. The fraction of sp³-hybridized carbons (Fsp3) is 0.265. The second-order valence-electron chi connectivity index (χ2n) is 9.92. The van der Waals surface area contributed by atoms with Gasteiger partial charge in [0.2, 0.25) is 0 Å². The summed E-state index contributed by atoms with van der Waals surface area (Å²) in [6, 6.07) is 17.9. The Labute approximate surface area is 245 Å². The second kappa shape index (κ2) is 14.3. The Kier molecular flexibility index (Phi) is 10.3. The molecular formula is C34H34O8. The molecule has 3 aromatic carbocycles. The summed E-state index contributed by atoms with van der Waals surface area (Å²) in [7, 11) is 0. The van der Waals surface area contributed by atoms with Gasteiger partial charge in [-0.05, 0) is 96.5 Å². The van der Waals surface area contributed by atoms with Crippen LogP contribution in [0, 0.1) is 0 Å². The molecule has 0 saturated carbocycles. The zero-order chi connectivity index (χ0) is 30.1. The summed E-state index contributed by atoms with van der Waals surface area (Å²) in [5.74, 6) is 0.0251. The van der Waals surface area contributed by atoms with Crippen molar-refractivity contribution in [2.24, 2.45) is 0 Å². The summed E-state index contributed by atoms with van der Waals surface area (Å²) < 4.78 is 21.7. The molecule has 0 heterocycles. The molecule has 0 aliphatic heterocycles. The largest absolute Gasteiger partial charge is 0.494 e. The molecule has 1 atom stereocenters. The Morgan fingerprint density at radius 3 is 2.05 bits per heavy atom. The highest BCUT2D eigenvalue weighted by molar-refractivity contribution is 5.92. The topological polar surface area (TPSA) is 108 Å². The molecule has 1 N–H and O–H groups in total. The van der Waals surface area contributed by atoms with E-state index in [0.717, 1.165) is 59.8 Å². The Hall–Kier alpha value is -4.69. The van der Waals surface area contributed by atoms with Crippen LogP contribution in [0.15, 0.2) is 85.5 Å². The molecule has 0 aromatic heterocycles. The molecule has 0 amide bonds. The van der Waals surface area contributed by atoms with Crippen LogP contribution in [0.2, 0.25) is 0 Å². The molecule has 218 valence electrons. The van der Waals surface area contributed by atoms with E-state index in [0.29, 0.717) is 30.3 Å². The van der Waals surface area contributed by atoms with Gasteiger partial charge in [-0.2, -0.15) is 0 Å². The molecular weight excluding hydrogens is 536 g/mol. The first-order valence-corrected chi connectivity index (χ1v) is 13.8. The first-order valence-electron chi connectivity index (χ1n) is 13.8. The van der Waals surface area contributed by atoms with Crippen LogP contribution in [0.5, 0.6) is 17.2 Å². The van der Waals surface area contributed by atoms with E-state index < -0.39 is 24.5 Å². The van der Waals surface area contributed by atoms with Crippen molar-refractivity contribution in [3.63, 3.8) is 0 Å². The summed E-state index contributed by atoms with van der Waals surface area (Å²) in [6.07, 6.45) is 4.54. The maximum Gasteiger partial charge on any atom is 0.343 e. The van der Waals surface area contributed by atoms with E-state index in [1.165, 1.54) is 24.3 Å². The number of ether oxygens (including phenoxy) is 4. The van der Waals surface area contributed by atoms with Crippen LogP contribution < -0.4 is 14.2 Å². The highest BCUT2D eigenvalue weighted by Crippen LogP contribution is 2.47. The van der Waals surface area contributed by atoms with Crippen molar-refractivity contribution in [1.82, 2.24) is 0 Å². The average molecular weight is 571 g/mol. The lowest BCUT2D eigenvalue weighted by molar-refractivity contribution is -0.139. The molecule has 3 aromatic rings. The van der Waals surface area contributed by atoms with Gasteiger partial charge in [-0.15, -0.1) is 0 Å². The number of carbonyl (C=O) groups excluding carboxylic acids is 3. The van der Waals surface area contributed by atoms with Crippen molar-refractivity contribution in [3.8, 4) is 28.4 Å². The van der Waals surface area contributed by atoms with Crippen molar-refractivity contribution < 1.29 is 38.4 Å². The fourth-order valence-electron chi connectivity index (χ4n) is 4.67. The molecule has 0 radical (unpaired) electrons. The van der Waals surface area contributed by atoms with Crippen LogP contribution in [0.25, 0.3) is 11.1 Å². The number of unbranched alkanes of at least 4 members (excludes halogenated alkanes) is 3. The van der Waals surface area contributed by atoms with Gasteiger partial charge in [-0.3, -0.25) is 0 Å². The van der Waals surface area contributed by atoms with Gasteiger partial charge in [0.05, 0.1) is 31.0 Å². The normalized spacial score (nSPS) is 13.0. The highest BCUT2D eigenvalue weighted by atomic mass is 16.5. The van der Waals surface area contributed by atoms with E-state index in [1.54, 1.807) is 6.07 Å². The number of hydrogen-bond donors (Lipinski definition) is 1. The van der Waals surface area contributed by atoms with Gasteiger partial charge in [0.1, 0.15) is 17.2 Å². The maximum atomic E-state index is 12.7. The smallest absolute Gasteiger partial charge is 0.343 e. The first-order chi connectivity index (χ1) is 20.3. The SMILES string of the molecule is C=CC(=O)Oc1ccc(C(=O)Oc2ccc3c(c2)C(C)c2cc(OCCCCCCOC(=O)C(=C)CO)ccc2-3)cc1. The standard InChI is InChI=1S/C34H34O8/c1-4-32(36)41-25-11-9-24(10-12-25)34(38)42-27-14-16-29-28-15-13-26(19-30(28)23(3)31(29)20-27)39-17-7-5-6-8-18-40-33(37)22(2)21-35/h4,9-16,19-20,23,35H,1-2,5-8,17-18,21H2,3H3. The van der Waals surface area contributed by atoms with E-state index in [4.69, 9.17) is 24.1 Å². The number of benzene rings is 3. The van der Waals surface area contributed by atoms with E-state index in [1.807, 2.05) is 18.2 Å². The molecule has 8 nitrogen and oxygen atoms in total. The summed E-state index contributed by atoms with van der Waals surface area (Å²) in [6.45, 7) is 9.42. The molecule has 4 rings (SSSR count). The minimum Gasteiger partial charge on any atom is -0.494 e. The van der Waals surface area contributed by atoms with Crippen LogP contribution in [0.3, 0.4) is 0 Å². The van der Waals surface area contributed by atoms with Crippen molar-refractivity contribution in [2.45, 2.75) is 38.5 Å². The zero-order valence-electron chi connectivity index (χ0n) is 23.6. The van der Waals surface area contributed by atoms with Crippen LogP contribution in [-0.4, -0.2) is 42.8 Å². The average Bonchev–Trinajstić information content (AvgIpc) is 3.28. The summed E-state index contributed by atoms with van der Waals surface area (Å²) in [5.41, 5.74) is 4.85. The van der Waals surface area contributed by atoms with Crippen LogP contribution in [0.4, 0.5) is 0 Å². The van der Waals surface area contributed by atoms with Crippen molar-refractivity contribution in [2.75, 3.05) is 19.8 Å². The molecule has 0 fully saturated rings. The fourth-order valence-corrected chi connectivity index (χ4v) is 4.67. The Morgan fingerprint density at radius 2 is 1.40 bits per heavy atom. The molecule has 1 aliphatic carbocycles. The second-order valence-corrected chi connectivity index (χ2v) is 9.92. The lowest BCUT2D eigenvalue weighted by Gasteiger charge is -2.11. The quantitative estimate of drug-likeness (QED) is 0.106. The van der Waals surface area contributed by atoms with E-state index in [9.17, 15) is 14.4 Å². The lowest BCUT2D eigenvalue weighted by atomic mass is 9.99. The third-order valence-corrected chi connectivity index (χ3v) is 6.98. The molecule has 8 heteroatoms. The van der Waals surface area contributed by atoms with E-state index in [2.05, 4.69) is 32.2 Å². The van der Waals surface area contributed by atoms with E-state index >= 15 is 0 Å². The third kappa shape index (κ3) is 7.53. The van der Waals surface area contributed by atoms with Gasteiger partial charge in [-0.25, -0.2) is 14.4 Å². The Balaban J connectivity index is 1.27. The lowest BCUT2D eigenvalue weighted by Crippen LogP contribution is -2.10. The van der Waals surface area contributed by atoms with Crippen LogP contribution in [-0.2, 0) is 14.3 Å². The predicted molar refractivity (Wildman–Crippen MR) is 158 cm³/mol. The summed E-state index contributed by atoms with van der Waals surface area (Å²) in [4.78, 5) is 35.5. The van der Waals surface area contributed by atoms with Crippen molar-refractivity contribution in [1.29, 1.82) is 0 Å². The number of rotatable bonds is 14. The Bertz CT molecular complexity index is 1470. The van der Waals surface area contributed by atoms with Crippen molar-refractivity contribution >= 4 is 17.9 Å². The first kappa shape index (κ1) is 30.3. The van der Waals surface area contributed by atoms with Crippen molar-refractivity contribution in [3.05, 3.63) is 102 Å². The molecule has 1 unspecified atom stereocenters. The molecule has 0 saturated heterocycles. The van der Waals surface area contributed by atoms with Crippen LogP contribution in [0.1, 0.15) is 60.0 Å². The van der Waals surface area contributed by atoms with Gasteiger partial charge >= 0.3 is 17.9 Å². The van der Waals surface area contributed by atoms with Gasteiger partial charge in [0, 0.05) is 12.0 Å². The Morgan fingerprint density at radius 1 is 0.810 bits per heavy atom. The third-order valence-electron chi connectivity index (χ3n) is 6.98. The summed E-state index contributed by atoms with van der Waals surface area (Å²) in [5, 5.41) is 8.87. The molecule has 0 bridgehead atoms. The number of aliphatic hydroxyl groups is 1. The number of fused-ring (bicyclic) bond motifs is 3. The van der Waals surface area contributed by atoms with E-state index in [-0.39, 0.29) is 11.5 Å². The van der Waals surface area contributed by atoms with Gasteiger partial charge in [-0.1, -0.05) is 32.2 Å². The minimum absolute atomic E-state index is 0.0632. The number of aliphatic hydroxyl groups excluding tert-OH is 1. The monoisotopic (exact) mass is 570 g/mol. The zero-order valence-corrected chi connectivity index (χ0v) is 23.6. The van der Waals surface area contributed by atoms with Crippen LogP contribution >= 0.6 is 0 Å². The number of hydrogen-bond acceptors (Lipinski definition) is 8. The molecule has 0 spiro atoms.